The third-order valence-corrected chi connectivity index (χ3v) is 1.96. The lowest BCUT2D eigenvalue weighted by molar-refractivity contribution is 0.0600. The van der Waals surface area contributed by atoms with Crippen molar-refractivity contribution in [2.45, 2.75) is 0 Å². The summed E-state index contributed by atoms with van der Waals surface area (Å²) in [6, 6.07) is 2.91. The molecule has 90 valence electrons. The van der Waals surface area contributed by atoms with Crippen LogP contribution >= 0.6 is 0 Å². The Morgan fingerprint density at radius 1 is 1.41 bits per heavy atom. The Kier molecular flexibility index (Phi) is 4.39. The van der Waals surface area contributed by atoms with Crippen molar-refractivity contribution in [3.8, 4) is 0 Å². The van der Waals surface area contributed by atoms with Crippen LogP contribution in [0.15, 0.2) is 30.6 Å². The van der Waals surface area contributed by atoms with Crippen molar-refractivity contribution in [2.24, 2.45) is 0 Å². The van der Waals surface area contributed by atoms with Gasteiger partial charge in [0.1, 0.15) is 5.69 Å². The summed E-state index contributed by atoms with van der Waals surface area (Å²) in [5.41, 5.74) is 0.523. The Bertz CT molecular complexity index is 453. The van der Waals surface area contributed by atoms with Gasteiger partial charge in [0.05, 0.1) is 12.7 Å². The highest BCUT2D eigenvalue weighted by Gasteiger charge is 2.09. The number of aromatic nitrogens is 1. The quantitative estimate of drug-likeness (QED) is 0.444. The van der Waals surface area contributed by atoms with E-state index in [2.05, 4.69) is 9.72 Å². The molecule has 0 N–H and O–H groups in total. The van der Waals surface area contributed by atoms with E-state index < -0.39 is 5.97 Å². The van der Waals surface area contributed by atoms with E-state index in [-0.39, 0.29) is 11.5 Å². The molecule has 0 aliphatic rings. The largest absolute Gasteiger partial charge is 0.465 e. The number of hydrogen-bond acceptors (Lipinski definition) is 5. The molecule has 0 bridgehead atoms. The second kappa shape index (κ2) is 5.79. The van der Waals surface area contributed by atoms with Crippen molar-refractivity contribution in [3.05, 3.63) is 41.9 Å². The zero-order chi connectivity index (χ0) is 12.8. The minimum absolute atomic E-state index is 0.214. The van der Waals surface area contributed by atoms with Gasteiger partial charge in [0.15, 0.2) is 0 Å². The van der Waals surface area contributed by atoms with Crippen LogP contribution in [0.4, 0.5) is 0 Å². The van der Waals surface area contributed by atoms with Gasteiger partial charge < -0.3 is 9.64 Å². The number of esters is 1. The Balaban J connectivity index is 2.92. The van der Waals surface area contributed by atoms with Crippen LogP contribution in [0.3, 0.4) is 0 Å². The predicted molar refractivity (Wildman–Crippen MR) is 62.7 cm³/mol. The third kappa shape index (κ3) is 3.71. The smallest absolute Gasteiger partial charge is 0.337 e. The molecule has 1 aromatic heterocycles. The molecule has 0 amide bonds. The van der Waals surface area contributed by atoms with Gasteiger partial charge in [-0.1, -0.05) is 0 Å². The van der Waals surface area contributed by atoms with E-state index in [0.717, 1.165) is 0 Å². The summed E-state index contributed by atoms with van der Waals surface area (Å²) in [6.45, 7) is 0. The molecule has 0 radical (unpaired) electrons. The van der Waals surface area contributed by atoms with E-state index in [4.69, 9.17) is 0 Å². The highest BCUT2D eigenvalue weighted by molar-refractivity contribution is 6.04. The zero-order valence-corrected chi connectivity index (χ0v) is 10.0. The number of pyridine rings is 1. The molecule has 5 heteroatoms. The number of hydrogen-bond donors (Lipinski definition) is 0. The van der Waals surface area contributed by atoms with Gasteiger partial charge >= 0.3 is 5.97 Å². The minimum atomic E-state index is -0.488. The first-order valence-electron chi connectivity index (χ1n) is 4.98. The number of carbonyl (C=O) groups is 2. The molecule has 17 heavy (non-hydrogen) atoms. The normalized spacial score (nSPS) is 10.3. The topological polar surface area (TPSA) is 59.5 Å². The van der Waals surface area contributed by atoms with Crippen molar-refractivity contribution >= 4 is 11.8 Å². The second-order valence-electron chi connectivity index (χ2n) is 3.56. The summed E-state index contributed by atoms with van der Waals surface area (Å²) in [5.74, 6) is -0.748. The number of nitrogens with zero attached hydrogens (tertiary/aromatic N) is 2. The second-order valence-corrected chi connectivity index (χ2v) is 3.56. The molecule has 0 aromatic carbocycles. The average Bonchev–Trinajstić information content (AvgIpc) is 2.35. The average molecular weight is 234 g/mol. The summed E-state index contributed by atoms with van der Waals surface area (Å²) in [4.78, 5) is 28.6. The third-order valence-electron chi connectivity index (χ3n) is 1.96. The lowest BCUT2D eigenvalue weighted by Crippen LogP contribution is -2.07. The first kappa shape index (κ1) is 12.9. The molecule has 0 spiro atoms. The van der Waals surface area contributed by atoms with Crippen LogP contribution in [0.5, 0.6) is 0 Å². The van der Waals surface area contributed by atoms with Crippen LogP contribution in [0.1, 0.15) is 20.8 Å². The van der Waals surface area contributed by atoms with Gasteiger partial charge in [-0.15, -0.1) is 0 Å². The van der Waals surface area contributed by atoms with Crippen LogP contribution in [-0.4, -0.2) is 42.8 Å². The van der Waals surface area contributed by atoms with E-state index in [0.29, 0.717) is 5.56 Å². The molecule has 1 heterocycles. The van der Waals surface area contributed by atoms with Gasteiger partial charge in [0.2, 0.25) is 5.78 Å². The highest BCUT2D eigenvalue weighted by Crippen LogP contribution is 2.05. The van der Waals surface area contributed by atoms with E-state index in [9.17, 15) is 9.59 Å². The maximum absolute atomic E-state index is 11.7. The van der Waals surface area contributed by atoms with E-state index >= 15 is 0 Å². The molecular formula is C12H14N2O3. The Morgan fingerprint density at radius 2 is 2.12 bits per heavy atom. The summed E-state index contributed by atoms with van der Waals surface area (Å²) in [5, 5.41) is 0. The number of allylic oxidation sites excluding steroid dienone is 1. The molecule has 0 atom stereocenters. The van der Waals surface area contributed by atoms with Gasteiger partial charge in [-0.2, -0.15) is 0 Å². The van der Waals surface area contributed by atoms with Crippen molar-refractivity contribution in [1.29, 1.82) is 0 Å². The Hall–Kier alpha value is -2.17. The number of ketones is 1. The molecule has 0 saturated carbocycles. The first-order chi connectivity index (χ1) is 8.04. The molecule has 0 saturated heterocycles. The maximum Gasteiger partial charge on any atom is 0.337 e. The van der Waals surface area contributed by atoms with E-state index in [1.807, 2.05) is 14.1 Å². The molecule has 1 rings (SSSR count). The molecule has 0 fully saturated rings. The summed E-state index contributed by atoms with van der Waals surface area (Å²) >= 11 is 0. The fraction of sp³-hybridized carbons (Fsp3) is 0.250. The molecule has 0 aliphatic carbocycles. The predicted octanol–water partition coefficient (Wildman–Crippen LogP) is 1.13. The van der Waals surface area contributed by atoms with Crippen LogP contribution < -0.4 is 0 Å². The highest BCUT2D eigenvalue weighted by atomic mass is 16.5. The van der Waals surface area contributed by atoms with Crippen molar-refractivity contribution in [1.82, 2.24) is 9.88 Å². The van der Waals surface area contributed by atoms with Gasteiger partial charge in [-0.05, 0) is 12.1 Å². The molecule has 0 aliphatic heterocycles. The van der Waals surface area contributed by atoms with Crippen molar-refractivity contribution < 1.29 is 14.3 Å². The lowest BCUT2D eigenvalue weighted by Gasteiger charge is -2.03. The monoisotopic (exact) mass is 234 g/mol. The van der Waals surface area contributed by atoms with Crippen LogP contribution in [-0.2, 0) is 4.74 Å². The maximum atomic E-state index is 11.7. The van der Waals surface area contributed by atoms with E-state index in [1.165, 1.54) is 31.5 Å². The first-order valence-corrected chi connectivity index (χ1v) is 4.98. The van der Waals surface area contributed by atoms with Crippen molar-refractivity contribution in [3.63, 3.8) is 0 Å². The fourth-order valence-electron chi connectivity index (χ4n) is 1.11. The molecular weight excluding hydrogens is 220 g/mol. The van der Waals surface area contributed by atoms with Crippen molar-refractivity contribution in [2.75, 3.05) is 21.2 Å². The zero-order valence-electron chi connectivity index (χ0n) is 10.0. The molecule has 1 aromatic rings. The SMILES string of the molecule is COC(=O)c1ccnc(C(=O)/C=C\N(C)C)c1. The van der Waals surface area contributed by atoms with E-state index in [1.54, 1.807) is 11.1 Å². The van der Waals surface area contributed by atoms with Crippen LogP contribution in [0.2, 0.25) is 0 Å². The van der Waals surface area contributed by atoms with Gasteiger partial charge in [0, 0.05) is 32.6 Å². The van der Waals surface area contributed by atoms with Crippen LogP contribution in [0.25, 0.3) is 0 Å². The van der Waals surface area contributed by atoms with Gasteiger partial charge in [-0.25, -0.2) is 4.79 Å². The number of carbonyl (C=O) groups excluding carboxylic acids is 2. The molecule has 0 unspecified atom stereocenters. The number of ether oxygens (including phenoxy) is 1. The number of rotatable bonds is 4. The lowest BCUT2D eigenvalue weighted by atomic mass is 10.2. The van der Waals surface area contributed by atoms with Crippen LogP contribution in [0, 0.1) is 0 Å². The summed E-state index contributed by atoms with van der Waals surface area (Å²) < 4.78 is 4.56. The standard InChI is InChI=1S/C12H14N2O3/c1-14(2)7-5-11(15)10-8-9(4-6-13-10)12(16)17-3/h4-8H,1-3H3/b7-5-. The molecule has 5 nitrogen and oxygen atoms in total. The van der Waals surface area contributed by atoms with Gasteiger partial charge in [-0.3, -0.25) is 9.78 Å². The Labute approximate surface area is 99.7 Å². The summed E-state index contributed by atoms with van der Waals surface area (Å²) in [6.07, 6.45) is 4.42. The fourth-order valence-corrected chi connectivity index (χ4v) is 1.11. The Morgan fingerprint density at radius 3 is 2.71 bits per heavy atom. The van der Waals surface area contributed by atoms with Gasteiger partial charge in [0.25, 0.3) is 0 Å². The minimum Gasteiger partial charge on any atom is -0.465 e. The summed E-state index contributed by atoms with van der Waals surface area (Å²) in [7, 11) is 4.90. The number of methoxy groups -OCH3 is 1.